The van der Waals surface area contributed by atoms with Crippen LogP contribution >= 0.6 is 0 Å². The molecule has 0 heterocycles. The van der Waals surface area contributed by atoms with Crippen molar-refractivity contribution in [1.82, 2.24) is 0 Å². The molecular weight excluding hydrogens is 424 g/mol. The Morgan fingerprint density at radius 1 is 0.771 bits per heavy atom. The number of nitrogens with one attached hydrogen (secondary N) is 1. The highest BCUT2D eigenvalue weighted by molar-refractivity contribution is 5.95. The van der Waals surface area contributed by atoms with Crippen LogP contribution in [0.5, 0.6) is 0 Å². The van der Waals surface area contributed by atoms with Crippen molar-refractivity contribution in [3.8, 4) is 11.1 Å². The fourth-order valence-electron chi connectivity index (χ4n) is 4.83. The molecule has 2 heteroatoms. The Balaban J connectivity index is 0.000000275. The van der Waals surface area contributed by atoms with Crippen molar-refractivity contribution >= 4 is 22.1 Å². The van der Waals surface area contributed by atoms with Gasteiger partial charge in [-0.1, -0.05) is 117 Å². The van der Waals surface area contributed by atoms with Crippen LogP contribution in [0.1, 0.15) is 31.4 Å². The van der Waals surface area contributed by atoms with Gasteiger partial charge >= 0.3 is 0 Å². The van der Waals surface area contributed by atoms with Gasteiger partial charge in [-0.3, -0.25) is 0 Å². The van der Waals surface area contributed by atoms with E-state index in [0.29, 0.717) is 0 Å². The van der Waals surface area contributed by atoms with E-state index in [1.807, 2.05) is 18.2 Å². The Hall–Kier alpha value is -3.88. The molecule has 0 saturated carbocycles. The van der Waals surface area contributed by atoms with E-state index in [1.165, 1.54) is 45.6 Å². The number of nitrogens with two attached hydrogens (primary N) is 1. The lowest BCUT2D eigenvalue weighted by Crippen LogP contribution is -2.15. The van der Waals surface area contributed by atoms with E-state index in [1.54, 1.807) is 0 Å². The lowest BCUT2D eigenvalue weighted by molar-refractivity contribution is 0.660. The average Bonchev–Trinajstić information content (AvgIpc) is 3.13. The van der Waals surface area contributed by atoms with Gasteiger partial charge in [-0.2, -0.15) is 0 Å². The lowest BCUT2D eigenvalue weighted by Gasteiger charge is -2.22. The highest BCUT2D eigenvalue weighted by Crippen LogP contribution is 2.49. The summed E-state index contributed by atoms with van der Waals surface area (Å²) in [4.78, 5) is 0. The van der Waals surface area contributed by atoms with Crippen LogP contribution in [0.15, 0.2) is 121 Å². The van der Waals surface area contributed by atoms with Gasteiger partial charge in [0.25, 0.3) is 0 Å². The quantitative estimate of drug-likeness (QED) is 0.316. The van der Waals surface area contributed by atoms with E-state index in [2.05, 4.69) is 122 Å². The van der Waals surface area contributed by atoms with Crippen molar-refractivity contribution in [3.05, 3.63) is 133 Å². The van der Waals surface area contributed by atoms with Gasteiger partial charge in [0, 0.05) is 22.2 Å². The topological polar surface area (TPSA) is 38.0 Å². The summed E-state index contributed by atoms with van der Waals surface area (Å²) in [6, 6.07) is 30.5. The molecule has 4 aromatic carbocycles. The molecule has 2 nitrogen and oxygen atoms in total. The van der Waals surface area contributed by atoms with Crippen molar-refractivity contribution in [3.63, 3.8) is 0 Å². The second-order valence-corrected chi connectivity index (χ2v) is 9.23. The Kier molecular flexibility index (Phi) is 7.33. The number of rotatable bonds is 2. The van der Waals surface area contributed by atoms with Crippen LogP contribution in [-0.2, 0) is 5.41 Å². The van der Waals surface area contributed by atoms with Gasteiger partial charge in [0.2, 0.25) is 0 Å². The van der Waals surface area contributed by atoms with Gasteiger partial charge in [0.15, 0.2) is 0 Å². The standard InChI is InChI=1S/C25H21N.C7H8.CH5N/c1-25(2)22-12-6-5-11-20(22)21-15-14-18(16-23(21)25)26-24-13-7-9-17-8-3-4-10-19(17)24;1-7-5-3-2-4-6-7;1-2/h3-16,26H,1-2H3;2-5H,1,6H2;2H2,1H3. The molecule has 35 heavy (non-hydrogen) atoms. The van der Waals surface area contributed by atoms with E-state index in [-0.39, 0.29) is 5.41 Å². The predicted octanol–water partition coefficient (Wildman–Crippen LogP) is 8.52. The maximum absolute atomic E-state index is 4.50. The summed E-state index contributed by atoms with van der Waals surface area (Å²) in [6.07, 6.45) is 9.19. The van der Waals surface area contributed by atoms with E-state index >= 15 is 0 Å². The Morgan fingerprint density at radius 3 is 2.23 bits per heavy atom. The van der Waals surface area contributed by atoms with Gasteiger partial charge in [0.1, 0.15) is 0 Å². The van der Waals surface area contributed by atoms with Crippen LogP contribution in [0.3, 0.4) is 0 Å². The number of fused-ring (bicyclic) bond motifs is 4. The molecule has 0 atom stereocenters. The minimum Gasteiger partial charge on any atom is -0.355 e. The maximum Gasteiger partial charge on any atom is 0.0463 e. The fourth-order valence-corrected chi connectivity index (χ4v) is 4.83. The van der Waals surface area contributed by atoms with Gasteiger partial charge in [-0.05, 0) is 59.3 Å². The molecule has 2 aliphatic carbocycles. The molecular formula is C33H34N2. The number of allylic oxidation sites excluding steroid dienone is 5. The summed E-state index contributed by atoms with van der Waals surface area (Å²) < 4.78 is 0. The molecule has 176 valence electrons. The average molecular weight is 459 g/mol. The molecule has 0 fully saturated rings. The van der Waals surface area contributed by atoms with Crippen molar-refractivity contribution in [2.75, 3.05) is 12.4 Å². The minimum atomic E-state index is 0.0301. The van der Waals surface area contributed by atoms with Crippen molar-refractivity contribution in [2.45, 2.75) is 25.7 Å². The maximum atomic E-state index is 4.50. The van der Waals surface area contributed by atoms with E-state index < -0.39 is 0 Å². The number of hydrogen-bond acceptors (Lipinski definition) is 2. The van der Waals surface area contributed by atoms with E-state index in [4.69, 9.17) is 0 Å². The molecule has 6 rings (SSSR count). The molecule has 0 bridgehead atoms. The molecule has 0 spiro atoms. The molecule has 0 unspecified atom stereocenters. The number of anilines is 2. The zero-order valence-electron chi connectivity index (χ0n) is 20.9. The van der Waals surface area contributed by atoms with Crippen LogP contribution in [0.2, 0.25) is 0 Å². The smallest absolute Gasteiger partial charge is 0.0463 e. The molecule has 0 aliphatic heterocycles. The second-order valence-electron chi connectivity index (χ2n) is 9.23. The lowest BCUT2D eigenvalue weighted by atomic mass is 9.82. The predicted molar refractivity (Wildman–Crippen MR) is 153 cm³/mol. The summed E-state index contributed by atoms with van der Waals surface area (Å²) in [6.45, 7) is 8.41. The Labute approximate surface area is 209 Å². The summed E-state index contributed by atoms with van der Waals surface area (Å²) in [5, 5.41) is 6.15. The first-order chi connectivity index (χ1) is 17.0. The Morgan fingerprint density at radius 2 is 1.49 bits per heavy atom. The third-order valence-corrected chi connectivity index (χ3v) is 6.61. The van der Waals surface area contributed by atoms with Gasteiger partial charge < -0.3 is 11.1 Å². The normalized spacial score (nSPS) is 14.2. The summed E-state index contributed by atoms with van der Waals surface area (Å²) in [5.41, 5.74) is 13.5. The van der Waals surface area contributed by atoms with Gasteiger partial charge in [-0.15, -0.1) is 0 Å². The molecule has 0 radical (unpaired) electrons. The second kappa shape index (κ2) is 10.6. The molecule has 0 aromatic heterocycles. The number of hydrogen-bond donors (Lipinski definition) is 2. The van der Waals surface area contributed by atoms with Crippen LogP contribution < -0.4 is 11.1 Å². The summed E-state index contributed by atoms with van der Waals surface area (Å²) >= 11 is 0. The molecule has 3 N–H and O–H groups in total. The zero-order valence-corrected chi connectivity index (χ0v) is 20.9. The van der Waals surface area contributed by atoms with Gasteiger partial charge in [0.05, 0.1) is 0 Å². The largest absolute Gasteiger partial charge is 0.355 e. The zero-order chi connectivity index (χ0) is 24.8. The molecule has 4 aromatic rings. The third-order valence-electron chi connectivity index (χ3n) is 6.61. The molecule has 0 amide bonds. The summed E-state index contributed by atoms with van der Waals surface area (Å²) in [5.74, 6) is 0. The highest BCUT2D eigenvalue weighted by atomic mass is 14.9. The van der Waals surface area contributed by atoms with Crippen LogP contribution in [0.25, 0.3) is 21.9 Å². The monoisotopic (exact) mass is 458 g/mol. The first-order valence-corrected chi connectivity index (χ1v) is 12.1. The van der Waals surface area contributed by atoms with E-state index in [0.717, 1.165) is 17.8 Å². The van der Waals surface area contributed by atoms with E-state index in [9.17, 15) is 0 Å². The molecule has 0 saturated heterocycles. The first kappa shape index (κ1) is 24.3. The Bertz CT molecular complexity index is 1400. The summed E-state index contributed by atoms with van der Waals surface area (Å²) in [7, 11) is 1.50. The first-order valence-electron chi connectivity index (χ1n) is 12.1. The minimum absolute atomic E-state index is 0.0301. The van der Waals surface area contributed by atoms with Crippen LogP contribution in [0, 0.1) is 0 Å². The van der Waals surface area contributed by atoms with Gasteiger partial charge in [-0.25, -0.2) is 0 Å². The van der Waals surface area contributed by atoms with Crippen molar-refractivity contribution in [1.29, 1.82) is 0 Å². The van der Waals surface area contributed by atoms with Crippen LogP contribution in [-0.4, -0.2) is 7.05 Å². The fraction of sp³-hybridized carbons (Fsp3) is 0.152. The van der Waals surface area contributed by atoms with Crippen molar-refractivity contribution in [2.24, 2.45) is 5.73 Å². The highest BCUT2D eigenvalue weighted by Gasteiger charge is 2.35. The van der Waals surface area contributed by atoms with Crippen molar-refractivity contribution < 1.29 is 0 Å². The molecule has 2 aliphatic rings. The third kappa shape index (κ3) is 4.99. The number of benzene rings is 4. The van der Waals surface area contributed by atoms with Crippen LogP contribution in [0.4, 0.5) is 11.4 Å². The SMILES string of the molecule is C=C1C=CC=CC1.CC1(C)c2ccccc2-c2ccc(Nc3cccc4ccccc34)cc21.CN.